The van der Waals surface area contributed by atoms with Gasteiger partial charge in [-0.25, -0.2) is 0 Å². The van der Waals surface area contributed by atoms with Gasteiger partial charge in [0.15, 0.2) is 0 Å². The number of nitrogens with zero attached hydrogens (tertiary/aromatic N) is 1. The Hall–Kier alpha value is -1.09. The molecule has 1 aromatic rings. The maximum atomic E-state index is 11.4. The van der Waals surface area contributed by atoms with Crippen molar-refractivity contribution >= 4 is 0 Å². The topological polar surface area (TPSA) is 48.0 Å². The minimum absolute atomic E-state index is 0.0386. The molecule has 1 rings (SSSR count). The number of rotatable bonds is 3. The second-order valence-corrected chi connectivity index (χ2v) is 3.56. The zero-order valence-corrected chi connectivity index (χ0v) is 8.16. The maximum absolute atomic E-state index is 11.4. The molecule has 0 bridgehead atoms. The van der Waals surface area contributed by atoms with E-state index >= 15 is 0 Å². The molecule has 0 aliphatic heterocycles. The molecule has 3 heteroatoms. The summed E-state index contributed by atoms with van der Waals surface area (Å²) in [5.41, 5.74) is 6.48. The molecule has 0 unspecified atom stereocenters. The molecule has 1 heterocycles. The van der Waals surface area contributed by atoms with Crippen LogP contribution in [0.25, 0.3) is 0 Å². The van der Waals surface area contributed by atoms with Crippen molar-refractivity contribution in [1.82, 2.24) is 4.57 Å². The predicted octanol–water partition coefficient (Wildman–Crippen LogP) is 0.963. The van der Waals surface area contributed by atoms with Crippen LogP contribution < -0.4 is 11.3 Å². The number of hydrogen-bond donors (Lipinski definition) is 1. The molecule has 1 aromatic heterocycles. The van der Waals surface area contributed by atoms with Crippen molar-refractivity contribution in [2.75, 3.05) is 0 Å². The van der Waals surface area contributed by atoms with Crippen molar-refractivity contribution < 1.29 is 0 Å². The Morgan fingerprint density at radius 1 is 1.46 bits per heavy atom. The Labute approximate surface area is 78.2 Å². The molecule has 0 fully saturated rings. The van der Waals surface area contributed by atoms with Gasteiger partial charge < -0.3 is 10.3 Å². The Kier molecular flexibility index (Phi) is 3.25. The summed E-state index contributed by atoms with van der Waals surface area (Å²) in [6, 6.07) is 5.21. The van der Waals surface area contributed by atoms with E-state index in [4.69, 9.17) is 5.73 Å². The summed E-state index contributed by atoms with van der Waals surface area (Å²) in [5, 5.41) is 0. The third kappa shape index (κ3) is 2.42. The Balaban J connectivity index is 3.08. The first-order valence-electron chi connectivity index (χ1n) is 4.54. The van der Waals surface area contributed by atoms with Crippen LogP contribution >= 0.6 is 0 Å². The van der Waals surface area contributed by atoms with Crippen molar-refractivity contribution in [1.29, 1.82) is 0 Å². The molecule has 0 aromatic carbocycles. The third-order valence-electron chi connectivity index (χ3n) is 1.90. The third-order valence-corrected chi connectivity index (χ3v) is 1.90. The highest BCUT2D eigenvalue weighted by molar-refractivity contribution is 5.06. The average molecular weight is 180 g/mol. The fraction of sp³-hybridized carbons (Fsp3) is 0.500. The zero-order valence-electron chi connectivity index (χ0n) is 8.16. The molecule has 0 aliphatic rings. The van der Waals surface area contributed by atoms with Crippen LogP contribution in [-0.4, -0.2) is 4.57 Å². The molecular weight excluding hydrogens is 164 g/mol. The second-order valence-electron chi connectivity index (χ2n) is 3.56. The average Bonchev–Trinajstić information content (AvgIpc) is 2.08. The van der Waals surface area contributed by atoms with Crippen LogP contribution in [-0.2, 0) is 13.1 Å². The van der Waals surface area contributed by atoms with E-state index < -0.39 is 0 Å². The normalized spacial score (nSPS) is 10.8. The first-order chi connectivity index (χ1) is 6.15. The van der Waals surface area contributed by atoms with Crippen molar-refractivity contribution in [3.8, 4) is 0 Å². The van der Waals surface area contributed by atoms with E-state index in [1.165, 1.54) is 0 Å². The molecule has 0 saturated carbocycles. The Morgan fingerprint density at radius 2 is 2.15 bits per heavy atom. The SMILES string of the molecule is CC(C)Cn1c(CN)cccc1=O. The van der Waals surface area contributed by atoms with E-state index in [1.54, 1.807) is 16.7 Å². The summed E-state index contributed by atoms with van der Waals surface area (Å²) in [6.07, 6.45) is 0. The minimum Gasteiger partial charge on any atom is -0.325 e. The molecule has 3 nitrogen and oxygen atoms in total. The summed E-state index contributed by atoms with van der Waals surface area (Å²) in [7, 11) is 0. The first kappa shape index (κ1) is 9.99. The van der Waals surface area contributed by atoms with Gasteiger partial charge in [0.05, 0.1) is 0 Å². The summed E-state index contributed by atoms with van der Waals surface area (Å²) in [6.45, 7) is 5.33. The monoisotopic (exact) mass is 180 g/mol. The number of nitrogens with two attached hydrogens (primary N) is 1. The lowest BCUT2D eigenvalue weighted by atomic mass is 10.2. The summed E-state index contributed by atoms with van der Waals surface area (Å²) >= 11 is 0. The van der Waals surface area contributed by atoms with Gasteiger partial charge in [-0.2, -0.15) is 0 Å². The van der Waals surface area contributed by atoms with Crippen molar-refractivity contribution in [2.45, 2.75) is 26.9 Å². The molecule has 2 N–H and O–H groups in total. The summed E-state index contributed by atoms with van der Waals surface area (Å²) in [4.78, 5) is 11.4. The van der Waals surface area contributed by atoms with Gasteiger partial charge >= 0.3 is 0 Å². The minimum atomic E-state index is 0.0386. The molecule has 0 atom stereocenters. The molecule has 0 saturated heterocycles. The quantitative estimate of drug-likeness (QED) is 0.753. The van der Waals surface area contributed by atoms with Gasteiger partial charge in [0.1, 0.15) is 0 Å². The van der Waals surface area contributed by atoms with Gasteiger partial charge in [0, 0.05) is 24.8 Å². The van der Waals surface area contributed by atoms with Crippen LogP contribution in [0, 0.1) is 5.92 Å². The van der Waals surface area contributed by atoms with Gasteiger partial charge in [-0.15, -0.1) is 0 Å². The first-order valence-corrected chi connectivity index (χ1v) is 4.54. The fourth-order valence-electron chi connectivity index (χ4n) is 1.31. The largest absolute Gasteiger partial charge is 0.325 e. The molecule has 13 heavy (non-hydrogen) atoms. The fourth-order valence-corrected chi connectivity index (χ4v) is 1.31. The summed E-state index contributed by atoms with van der Waals surface area (Å²) in [5.74, 6) is 0.463. The molecular formula is C10H16N2O. The summed E-state index contributed by atoms with van der Waals surface area (Å²) < 4.78 is 1.74. The van der Waals surface area contributed by atoms with Crippen molar-refractivity contribution in [3.05, 3.63) is 34.2 Å². The number of pyridine rings is 1. The lowest BCUT2D eigenvalue weighted by Crippen LogP contribution is -2.25. The van der Waals surface area contributed by atoms with E-state index in [9.17, 15) is 4.79 Å². The smallest absolute Gasteiger partial charge is 0.250 e. The van der Waals surface area contributed by atoms with E-state index in [-0.39, 0.29) is 5.56 Å². The zero-order chi connectivity index (χ0) is 9.84. The van der Waals surface area contributed by atoms with Gasteiger partial charge in [0.2, 0.25) is 0 Å². The standard InChI is InChI=1S/C10H16N2O/c1-8(2)7-12-9(6-11)4-3-5-10(12)13/h3-5,8H,6-7,11H2,1-2H3. The Morgan fingerprint density at radius 3 is 2.69 bits per heavy atom. The second kappa shape index (κ2) is 4.23. The molecule has 0 aliphatic carbocycles. The number of aromatic nitrogens is 1. The molecule has 72 valence electrons. The highest BCUT2D eigenvalue weighted by atomic mass is 16.1. The van der Waals surface area contributed by atoms with E-state index in [0.717, 1.165) is 12.2 Å². The van der Waals surface area contributed by atoms with Crippen LogP contribution in [0.1, 0.15) is 19.5 Å². The predicted molar refractivity (Wildman–Crippen MR) is 53.4 cm³/mol. The van der Waals surface area contributed by atoms with Crippen LogP contribution in [0.5, 0.6) is 0 Å². The van der Waals surface area contributed by atoms with E-state index in [0.29, 0.717) is 12.5 Å². The molecule has 0 spiro atoms. The highest BCUT2D eigenvalue weighted by Crippen LogP contribution is 2.00. The Bertz CT molecular complexity index is 328. The molecule has 0 amide bonds. The highest BCUT2D eigenvalue weighted by Gasteiger charge is 2.03. The van der Waals surface area contributed by atoms with Crippen LogP contribution in [0.2, 0.25) is 0 Å². The number of hydrogen-bond acceptors (Lipinski definition) is 2. The van der Waals surface area contributed by atoms with Crippen LogP contribution in [0.4, 0.5) is 0 Å². The van der Waals surface area contributed by atoms with Crippen LogP contribution in [0.15, 0.2) is 23.0 Å². The molecule has 0 radical (unpaired) electrons. The van der Waals surface area contributed by atoms with Gasteiger partial charge in [-0.1, -0.05) is 19.9 Å². The lowest BCUT2D eigenvalue weighted by molar-refractivity contribution is 0.496. The van der Waals surface area contributed by atoms with E-state index in [1.807, 2.05) is 6.07 Å². The lowest BCUT2D eigenvalue weighted by Gasteiger charge is -2.12. The van der Waals surface area contributed by atoms with Gasteiger partial charge in [-0.3, -0.25) is 4.79 Å². The van der Waals surface area contributed by atoms with Crippen molar-refractivity contribution in [3.63, 3.8) is 0 Å². The van der Waals surface area contributed by atoms with Gasteiger partial charge in [0.25, 0.3) is 5.56 Å². The maximum Gasteiger partial charge on any atom is 0.250 e. The van der Waals surface area contributed by atoms with Gasteiger partial charge in [-0.05, 0) is 12.0 Å². The van der Waals surface area contributed by atoms with E-state index in [2.05, 4.69) is 13.8 Å². The van der Waals surface area contributed by atoms with Crippen molar-refractivity contribution in [2.24, 2.45) is 11.7 Å². The van der Waals surface area contributed by atoms with Crippen LogP contribution in [0.3, 0.4) is 0 Å².